The maximum absolute atomic E-state index is 11.6. The number of amides is 1. The summed E-state index contributed by atoms with van der Waals surface area (Å²) in [6, 6.07) is 16.7. The van der Waals surface area contributed by atoms with Gasteiger partial charge in [-0.1, -0.05) is 74.9 Å². The fourth-order valence-electron chi connectivity index (χ4n) is 3.77. The van der Waals surface area contributed by atoms with Gasteiger partial charge < -0.3 is 30.2 Å². The number of hydrogen-bond donors (Lipinski definition) is 3. The van der Waals surface area contributed by atoms with Crippen LogP contribution >= 0.6 is 0 Å². The van der Waals surface area contributed by atoms with Crippen LogP contribution in [0.4, 0.5) is 16.7 Å². The van der Waals surface area contributed by atoms with Gasteiger partial charge in [-0.05, 0) is 44.2 Å². The van der Waals surface area contributed by atoms with Gasteiger partial charge in [0.05, 0.1) is 26.4 Å². The van der Waals surface area contributed by atoms with Crippen LogP contribution in [-0.2, 0) is 26.2 Å². The molecule has 0 spiro atoms. The number of aromatic nitrogens is 3. The molecule has 228 valence electrons. The number of rotatable bonds is 14. The summed E-state index contributed by atoms with van der Waals surface area (Å²) >= 11 is 0. The van der Waals surface area contributed by atoms with E-state index in [4.69, 9.17) is 19.2 Å². The molecule has 3 N–H and O–H groups in total. The van der Waals surface area contributed by atoms with Gasteiger partial charge in [0.2, 0.25) is 11.9 Å². The van der Waals surface area contributed by atoms with Gasteiger partial charge in [0.15, 0.2) is 5.82 Å². The molecule has 0 saturated carbocycles. The first kappa shape index (κ1) is 32.8. The third kappa shape index (κ3) is 12.0. The van der Waals surface area contributed by atoms with Gasteiger partial charge in [-0.2, -0.15) is 15.0 Å². The Balaban J connectivity index is 1.50. The van der Waals surface area contributed by atoms with Crippen molar-refractivity contribution in [1.29, 1.82) is 0 Å². The van der Waals surface area contributed by atoms with Gasteiger partial charge in [0, 0.05) is 25.2 Å². The molecule has 1 amide bonds. The van der Waals surface area contributed by atoms with E-state index in [1.807, 2.05) is 20.8 Å². The smallest absolute Gasteiger partial charge is 0.407 e. The van der Waals surface area contributed by atoms with E-state index in [0.717, 1.165) is 11.1 Å². The van der Waals surface area contributed by atoms with E-state index in [1.165, 1.54) is 11.1 Å². The highest BCUT2D eigenvalue weighted by Crippen LogP contribution is 2.25. The number of carbonyl (C=O) groups excluding carboxylic acids is 1. The number of anilines is 2. The number of ether oxygens (including phenoxy) is 3. The molecule has 42 heavy (non-hydrogen) atoms. The molecule has 10 nitrogen and oxygen atoms in total. The van der Waals surface area contributed by atoms with Gasteiger partial charge in [-0.15, -0.1) is 0 Å². The van der Waals surface area contributed by atoms with E-state index in [-0.39, 0.29) is 5.41 Å². The molecule has 0 bridgehead atoms. The molecule has 3 aromatic rings. The molecule has 0 atom stereocenters. The Morgan fingerprint density at radius 3 is 1.93 bits per heavy atom. The van der Waals surface area contributed by atoms with E-state index in [0.29, 0.717) is 63.8 Å². The third-order valence-corrected chi connectivity index (χ3v) is 6.03. The predicted octanol–water partition coefficient (Wildman–Crippen LogP) is 5.73. The van der Waals surface area contributed by atoms with Crippen molar-refractivity contribution in [2.24, 2.45) is 0 Å². The summed E-state index contributed by atoms with van der Waals surface area (Å²) < 4.78 is 16.4. The lowest BCUT2D eigenvalue weighted by atomic mass is 9.87. The summed E-state index contributed by atoms with van der Waals surface area (Å²) in [7, 11) is 0. The lowest BCUT2D eigenvalue weighted by molar-refractivity contribution is 0.0415. The van der Waals surface area contributed by atoms with Crippen LogP contribution in [0.15, 0.2) is 48.5 Å². The van der Waals surface area contributed by atoms with Crippen LogP contribution in [0.5, 0.6) is 0 Å². The number of aryl methyl sites for hydroxylation is 1. The van der Waals surface area contributed by atoms with Crippen LogP contribution in [-0.4, -0.2) is 66.2 Å². The van der Waals surface area contributed by atoms with Crippen molar-refractivity contribution in [1.82, 2.24) is 20.3 Å². The predicted molar refractivity (Wildman–Crippen MR) is 167 cm³/mol. The first-order chi connectivity index (χ1) is 19.9. The number of alkyl carbamates (subject to hydrolysis) is 1. The second-order valence-electron chi connectivity index (χ2n) is 12.1. The van der Waals surface area contributed by atoms with E-state index in [2.05, 4.69) is 102 Å². The molecule has 0 unspecified atom stereocenters. The quantitative estimate of drug-likeness (QED) is 0.206. The molecule has 0 aliphatic heterocycles. The van der Waals surface area contributed by atoms with E-state index < -0.39 is 11.7 Å². The average Bonchev–Trinajstić information content (AvgIpc) is 2.92. The lowest BCUT2D eigenvalue weighted by Crippen LogP contribution is -2.34. The van der Waals surface area contributed by atoms with Crippen molar-refractivity contribution >= 4 is 18.0 Å². The molecule has 2 aromatic carbocycles. The van der Waals surface area contributed by atoms with Crippen LogP contribution in [0, 0.1) is 6.92 Å². The summed E-state index contributed by atoms with van der Waals surface area (Å²) in [5.74, 6) is 1.56. The molecule has 0 aliphatic carbocycles. The summed E-state index contributed by atoms with van der Waals surface area (Å²) in [5, 5.41) is 9.24. The SMILES string of the molecule is Cc1ccc(CNc2nc(NCCOCCOCCNC(=O)OC(C)(C)C)nc(-c3ccc(C(C)(C)C)cc3)n2)cc1. The molecule has 3 rings (SSSR count). The Morgan fingerprint density at radius 2 is 1.33 bits per heavy atom. The fourth-order valence-corrected chi connectivity index (χ4v) is 3.77. The molecule has 0 fully saturated rings. The molecular formula is C32H46N6O4. The Labute approximate surface area is 250 Å². The summed E-state index contributed by atoms with van der Waals surface area (Å²) in [5.41, 5.74) is 4.07. The minimum Gasteiger partial charge on any atom is -0.444 e. The molecule has 10 heteroatoms. The number of nitrogens with zero attached hydrogens (tertiary/aromatic N) is 3. The largest absolute Gasteiger partial charge is 0.444 e. The van der Waals surface area contributed by atoms with Gasteiger partial charge in [-0.25, -0.2) is 4.79 Å². The standard InChI is InChI=1S/C32H46N6O4/c1-23-8-10-24(11-9-23)22-35-29-37-27(25-12-14-26(15-13-25)31(2,3)4)36-28(38-29)33-16-18-40-20-21-41-19-17-34-30(39)42-32(5,6)7/h8-15H,16-22H2,1-7H3,(H,34,39)(H2,33,35,36,37,38). The molecule has 0 saturated heterocycles. The second-order valence-corrected chi connectivity index (χ2v) is 12.1. The Morgan fingerprint density at radius 1 is 0.738 bits per heavy atom. The number of carbonyl (C=O) groups is 1. The van der Waals surface area contributed by atoms with Crippen molar-refractivity contribution in [2.45, 2.75) is 66.0 Å². The van der Waals surface area contributed by atoms with Crippen molar-refractivity contribution < 1.29 is 19.0 Å². The summed E-state index contributed by atoms with van der Waals surface area (Å²) in [6.45, 7) is 17.3. The van der Waals surface area contributed by atoms with Gasteiger partial charge in [-0.3, -0.25) is 0 Å². The Hall–Kier alpha value is -3.76. The average molecular weight is 579 g/mol. The summed E-state index contributed by atoms with van der Waals surface area (Å²) in [4.78, 5) is 25.6. The summed E-state index contributed by atoms with van der Waals surface area (Å²) in [6.07, 6.45) is -0.453. The highest BCUT2D eigenvalue weighted by molar-refractivity contribution is 5.67. The number of nitrogens with one attached hydrogen (secondary N) is 3. The Bertz CT molecular complexity index is 1250. The maximum atomic E-state index is 11.6. The highest BCUT2D eigenvalue weighted by atomic mass is 16.6. The van der Waals surface area contributed by atoms with Crippen LogP contribution in [0.1, 0.15) is 58.2 Å². The van der Waals surface area contributed by atoms with Gasteiger partial charge in [0.1, 0.15) is 5.60 Å². The second kappa shape index (κ2) is 15.5. The zero-order valence-corrected chi connectivity index (χ0v) is 26.0. The van der Waals surface area contributed by atoms with E-state index in [1.54, 1.807) is 0 Å². The van der Waals surface area contributed by atoms with E-state index in [9.17, 15) is 4.79 Å². The molecule has 1 heterocycles. The minimum atomic E-state index is -0.521. The fraction of sp³-hybridized carbons (Fsp3) is 0.500. The highest BCUT2D eigenvalue weighted by Gasteiger charge is 2.16. The van der Waals surface area contributed by atoms with Gasteiger partial charge >= 0.3 is 6.09 Å². The molecule has 0 aliphatic rings. The minimum absolute atomic E-state index is 0.0626. The normalized spacial score (nSPS) is 11.7. The van der Waals surface area contributed by atoms with Crippen molar-refractivity contribution in [3.63, 3.8) is 0 Å². The van der Waals surface area contributed by atoms with Crippen LogP contribution in [0.25, 0.3) is 11.4 Å². The van der Waals surface area contributed by atoms with Crippen LogP contribution in [0.3, 0.4) is 0 Å². The third-order valence-electron chi connectivity index (χ3n) is 6.03. The van der Waals surface area contributed by atoms with Crippen molar-refractivity contribution in [3.8, 4) is 11.4 Å². The number of hydrogen-bond acceptors (Lipinski definition) is 9. The first-order valence-corrected chi connectivity index (χ1v) is 14.4. The zero-order valence-electron chi connectivity index (χ0n) is 26.0. The van der Waals surface area contributed by atoms with Crippen molar-refractivity contribution in [2.75, 3.05) is 50.2 Å². The monoisotopic (exact) mass is 578 g/mol. The number of benzene rings is 2. The van der Waals surface area contributed by atoms with Crippen molar-refractivity contribution in [3.05, 3.63) is 65.2 Å². The van der Waals surface area contributed by atoms with E-state index >= 15 is 0 Å². The Kier molecular flexibility index (Phi) is 12.1. The molecule has 1 aromatic heterocycles. The van der Waals surface area contributed by atoms with Crippen LogP contribution < -0.4 is 16.0 Å². The molecular weight excluding hydrogens is 532 g/mol. The molecule has 0 radical (unpaired) electrons. The first-order valence-electron chi connectivity index (χ1n) is 14.4. The topological polar surface area (TPSA) is 120 Å². The zero-order chi connectivity index (χ0) is 30.6. The maximum Gasteiger partial charge on any atom is 0.407 e. The van der Waals surface area contributed by atoms with Crippen LogP contribution in [0.2, 0.25) is 0 Å². The van der Waals surface area contributed by atoms with Gasteiger partial charge in [0.25, 0.3) is 0 Å². The lowest BCUT2D eigenvalue weighted by Gasteiger charge is -2.19.